The number of hydrogen-bond donors (Lipinski definition) is 1. The molecule has 0 atom stereocenters. The third kappa shape index (κ3) is 2.44. The summed E-state index contributed by atoms with van der Waals surface area (Å²) in [6.07, 6.45) is 1.80. The van der Waals surface area contributed by atoms with E-state index in [1.807, 2.05) is 31.2 Å². The number of hydrazone groups is 1. The molecule has 0 spiro atoms. The molecule has 68 valence electrons. The van der Waals surface area contributed by atoms with Crippen LogP contribution in [0.5, 0.6) is 0 Å². The Balaban J connectivity index is 3.05. The van der Waals surface area contributed by atoms with E-state index in [1.54, 1.807) is 13.3 Å². The summed E-state index contributed by atoms with van der Waals surface area (Å²) in [7, 11) is 1.78. The maximum atomic E-state index is 3.97. The number of rotatable bonds is 3. The van der Waals surface area contributed by atoms with E-state index in [2.05, 4.69) is 17.1 Å². The van der Waals surface area contributed by atoms with Crippen LogP contribution in [0.15, 0.2) is 35.9 Å². The number of nitrogens with zero attached hydrogens (tertiary/aromatic N) is 1. The van der Waals surface area contributed by atoms with Crippen LogP contribution in [0.2, 0.25) is 0 Å². The second kappa shape index (κ2) is 4.45. The molecule has 0 aliphatic heterocycles. The SMILES string of the molecule is C=C(C)c1ccccc1C=NNC. The lowest BCUT2D eigenvalue weighted by atomic mass is 10.0. The number of hydrogen-bond acceptors (Lipinski definition) is 2. The molecule has 0 aliphatic rings. The van der Waals surface area contributed by atoms with Crippen LogP contribution in [0.1, 0.15) is 18.1 Å². The Morgan fingerprint density at radius 1 is 1.46 bits per heavy atom. The molecular weight excluding hydrogens is 160 g/mol. The molecule has 0 heterocycles. The van der Waals surface area contributed by atoms with Crippen molar-refractivity contribution in [3.05, 3.63) is 42.0 Å². The lowest BCUT2D eigenvalue weighted by molar-refractivity contribution is 0.908. The summed E-state index contributed by atoms with van der Waals surface area (Å²) >= 11 is 0. The van der Waals surface area contributed by atoms with Gasteiger partial charge in [-0.3, -0.25) is 0 Å². The summed E-state index contributed by atoms with van der Waals surface area (Å²) in [5, 5.41) is 3.97. The molecule has 0 fully saturated rings. The molecule has 0 aromatic heterocycles. The lowest BCUT2D eigenvalue weighted by Crippen LogP contribution is -1.96. The Bertz CT molecular complexity index is 327. The Morgan fingerprint density at radius 2 is 2.15 bits per heavy atom. The standard InChI is InChI=1S/C11H14N2/c1-9(2)11-7-5-4-6-10(11)8-13-12-3/h4-8,12H,1H2,2-3H3. The highest BCUT2D eigenvalue weighted by Gasteiger charge is 1.98. The van der Waals surface area contributed by atoms with Gasteiger partial charge in [-0.2, -0.15) is 5.10 Å². The smallest absolute Gasteiger partial charge is 0.0546 e. The molecule has 1 N–H and O–H groups in total. The fourth-order valence-corrected chi connectivity index (χ4v) is 1.13. The molecule has 0 saturated carbocycles. The van der Waals surface area contributed by atoms with E-state index >= 15 is 0 Å². The van der Waals surface area contributed by atoms with Crippen LogP contribution < -0.4 is 5.43 Å². The van der Waals surface area contributed by atoms with Crippen molar-refractivity contribution in [1.29, 1.82) is 0 Å². The highest BCUT2D eigenvalue weighted by atomic mass is 15.3. The van der Waals surface area contributed by atoms with Gasteiger partial charge in [-0.05, 0) is 12.5 Å². The van der Waals surface area contributed by atoms with Gasteiger partial charge in [0.1, 0.15) is 0 Å². The van der Waals surface area contributed by atoms with Crippen molar-refractivity contribution in [2.24, 2.45) is 5.10 Å². The summed E-state index contributed by atoms with van der Waals surface area (Å²) < 4.78 is 0. The third-order valence-electron chi connectivity index (χ3n) is 1.75. The monoisotopic (exact) mass is 174 g/mol. The highest BCUT2D eigenvalue weighted by Crippen LogP contribution is 2.14. The average molecular weight is 174 g/mol. The van der Waals surface area contributed by atoms with Gasteiger partial charge >= 0.3 is 0 Å². The van der Waals surface area contributed by atoms with Gasteiger partial charge in [0, 0.05) is 12.6 Å². The highest BCUT2D eigenvalue weighted by molar-refractivity contribution is 5.87. The molecule has 0 amide bonds. The Morgan fingerprint density at radius 3 is 2.77 bits per heavy atom. The quantitative estimate of drug-likeness (QED) is 0.551. The molecule has 0 bridgehead atoms. The first-order valence-electron chi connectivity index (χ1n) is 4.20. The van der Waals surface area contributed by atoms with Gasteiger partial charge in [0.2, 0.25) is 0 Å². The molecule has 0 aliphatic carbocycles. The third-order valence-corrected chi connectivity index (χ3v) is 1.75. The Labute approximate surface area is 79.0 Å². The number of nitrogens with one attached hydrogen (secondary N) is 1. The van der Waals surface area contributed by atoms with E-state index in [0.29, 0.717) is 0 Å². The van der Waals surface area contributed by atoms with Gasteiger partial charge < -0.3 is 5.43 Å². The van der Waals surface area contributed by atoms with E-state index in [1.165, 1.54) is 0 Å². The molecule has 0 radical (unpaired) electrons. The first-order valence-corrected chi connectivity index (χ1v) is 4.20. The zero-order valence-corrected chi connectivity index (χ0v) is 8.04. The van der Waals surface area contributed by atoms with Crippen LogP contribution in [0.25, 0.3) is 5.57 Å². The molecule has 1 aromatic rings. The van der Waals surface area contributed by atoms with E-state index in [4.69, 9.17) is 0 Å². The van der Waals surface area contributed by atoms with E-state index in [-0.39, 0.29) is 0 Å². The zero-order valence-electron chi connectivity index (χ0n) is 8.04. The number of allylic oxidation sites excluding steroid dienone is 1. The summed E-state index contributed by atoms with van der Waals surface area (Å²) in [5.74, 6) is 0. The van der Waals surface area contributed by atoms with E-state index in [9.17, 15) is 0 Å². The van der Waals surface area contributed by atoms with Gasteiger partial charge in [-0.1, -0.05) is 36.4 Å². The Hall–Kier alpha value is -1.57. The fourth-order valence-electron chi connectivity index (χ4n) is 1.13. The summed E-state index contributed by atoms with van der Waals surface area (Å²) in [6, 6.07) is 8.05. The van der Waals surface area contributed by atoms with Crippen molar-refractivity contribution in [1.82, 2.24) is 5.43 Å². The average Bonchev–Trinajstić information content (AvgIpc) is 2.15. The largest absolute Gasteiger partial charge is 0.313 e. The van der Waals surface area contributed by atoms with E-state index in [0.717, 1.165) is 16.7 Å². The molecule has 0 saturated heterocycles. The van der Waals surface area contributed by atoms with Crippen molar-refractivity contribution in [3.8, 4) is 0 Å². The zero-order chi connectivity index (χ0) is 9.68. The summed E-state index contributed by atoms with van der Waals surface area (Å²) in [6.45, 7) is 5.90. The molecule has 1 rings (SSSR count). The molecular formula is C11H14N2. The Kier molecular flexibility index (Phi) is 3.26. The van der Waals surface area contributed by atoms with Crippen LogP contribution in [0.3, 0.4) is 0 Å². The predicted octanol–water partition coefficient (Wildman–Crippen LogP) is 2.27. The maximum Gasteiger partial charge on any atom is 0.0546 e. The van der Waals surface area contributed by atoms with Gasteiger partial charge in [-0.25, -0.2) is 0 Å². The van der Waals surface area contributed by atoms with Gasteiger partial charge in [-0.15, -0.1) is 0 Å². The molecule has 2 heteroatoms. The molecule has 1 aromatic carbocycles. The summed E-state index contributed by atoms with van der Waals surface area (Å²) in [4.78, 5) is 0. The second-order valence-electron chi connectivity index (χ2n) is 2.85. The predicted molar refractivity (Wildman–Crippen MR) is 57.8 cm³/mol. The van der Waals surface area contributed by atoms with Crippen molar-refractivity contribution in [3.63, 3.8) is 0 Å². The van der Waals surface area contributed by atoms with E-state index < -0.39 is 0 Å². The lowest BCUT2D eigenvalue weighted by Gasteiger charge is -2.03. The first kappa shape index (κ1) is 9.52. The minimum absolute atomic E-state index is 1.05. The van der Waals surface area contributed by atoms with Crippen molar-refractivity contribution in [2.75, 3.05) is 7.05 Å². The minimum Gasteiger partial charge on any atom is -0.313 e. The number of benzene rings is 1. The minimum atomic E-state index is 1.05. The van der Waals surface area contributed by atoms with Crippen LogP contribution in [0.4, 0.5) is 0 Å². The van der Waals surface area contributed by atoms with Gasteiger partial charge in [0.25, 0.3) is 0 Å². The van der Waals surface area contributed by atoms with Crippen LogP contribution in [-0.2, 0) is 0 Å². The molecule has 0 unspecified atom stereocenters. The maximum absolute atomic E-state index is 3.97. The normalized spacial score (nSPS) is 10.3. The van der Waals surface area contributed by atoms with Crippen LogP contribution in [-0.4, -0.2) is 13.3 Å². The van der Waals surface area contributed by atoms with Crippen LogP contribution >= 0.6 is 0 Å². The van der Waals surface area contributed by atoms with Crippen molar-refractivity contribution in [2.45, 2.75) is 6.92 Å². The fraction of sp³-hybridized carbons (Fsp3) is 0.182. The molecule has 2 nitrogen and oxygen atoms in total. The van der Waals surface area contributed by atoms with Gasteiger partial charge in [0.05, 0.1) is 6.21 Å². The summed E-state index contributed by atoms with van der Waals surface area (Å²) in [5.41, 5.74) is 6.00. The first-order chi connectivity index (χ1) is 6.25. The van der Waals surface area contributed by atoms with Crippen LogP contribution in [0, 0.1) is 0 Å². The van der Waals surface area contributed by atoms with Gasteiger partial charge in [0.15, 0.2) is 0 Å². The second-order valence-corrected chi connectivity index (χ2v) is 2.85. The van der Waals surface area contributed by atoms with Crippen molar-refractivity contribution >= 4 is 11.8 Å². The van der Waals surface area contributed by atoms with Crippen molar-refractivity contribution < 1.29 is 0 Å². The molecule has 13 heavy (non-hydrogen) atoms. The topological polar surface area (TPSA) is 24.4 Å².